The van der Waals surface area contributed by atoms with Crippen LogP contribution in [0.2, 0.25) is 0 Å². The maximum Gasteiger partial charge on any atom is 0.302 e. The van der Waals surface area contributed by atoms with Gasteiger partial charge in [-0.1, -0.05) is 32.3 Å². The maximum atomic E-state index is 11.4. The van der Waals surface area contributed by atoms with Crippen molar-refractivity contribution >= 4 is 5.97 Å². The highest BCUT2D eigenvalue weighted by molar-refractivity contribution is 5.66. The van der Waals surface area contributed by atoms with Gasteiger partial charge in [0.2, 0.25) is 0 Å². The quantitative estimate of drug-likeness (QED) is 0.456. The Morgan fingerprint density at radius 2 is 1.84 bits per heavy atom. The molecule has 0 saturated heterocycles. The van der Waals surface area contributed by atoms with Crippen LogP contribution >= 0.6 is 0 Å². The summed E-state index contributed by atoms with van der Waals surface area (Å²) in [6.45, 7) is 3.55. The molecule has 1 aromatic rings. The van der Waals surface area contributed by atoms with E-state index < -0.39 is 6.10 Å². The maximum absolute atomic E-state index is 11.4. The number of hydrogen-bond acceptors (Lipinski definition) is 5. The molecule has 0 unspecified atom stereocenters. The lowest BCUT2D eigenvalue weighted by atomic mass is 9.99. The van der Waals surface area contributed by atoms with Crippen LogP contribution in [0.3, 0.4) is 0 Å². The van der Waals surface area contributed by atoms with Crippen molar-refractivity contribution < 1.29 is 24.1 Å². The van der Waals surface area contributed by atoms with Crippen LogP contribution in [0.5, 0.6) is 11.5 Å². The SMILES string of the molecule is CCCCC[C@H](O)C[C@H](CCc1ccc(OC)c(OC)c1)OC(C)=O. The summed E-state index contributed by atoms with van der Waals surface area (Å²) in [4.78, 5) is 11.4. The number of aliphatic hydroxyl groups excluding tert-OH is 1. The van der Waals surface area contributed by atoms with Crippen molar-refractivity contribution in [1.29, 1.82) is 0 Å². The fraction of sp³-hybridized carbons (Fsp3) is 0.650. The number of unbranched alkanes of at least 4 members (excludes halogenated alkanes) is 2. The van der Waals surface area contributed by atoms with Crippen LogP contribution < -0.4 is 9.47 Å². The zero-order valence-electron chi connectivity index (χ0n) is 15.9. The highest BCUT2D eigenvalue weighted by Crippen LogP contribution is 2.28. The standard InChI is InChI=1S/C20H32O5/c1-5-6-7-8-17(22)14-18(25-15(2)21)11-9-16-10-12-19(23-3)20(13-16)24-4/h10,12-13,17-18,22H,5-9,11,14H2,1-4H3/t17-,18-/m0/s1. The Kier molecular flexibility index (Phi) is 10.0. The predicted octanol–water partition coefficient (Wildman–Crippen LogP) is 3.90. The van der Waals surface area contributed by atoms with E-state index in [2.05, 4.69) is 6.92 Å². The van der Waals surface area contributed by atoms with Crippen LogP contribution in [0, 0.1) is 0 Å². The Hall–Kier alpha value is -1.75. The lowest BCUT2D eigenvalue weighted by Gasteiger charge is -2.20. The summed E-state index contributed by atoms with van der Waals surface area (Å²) < 4.78 is 16.0. The zero-order valence-corrected chi connectivity index (χ0v) is 15.9. The Morgan fingerprint density at radius 3 is 2.44 bits per heavy atom. The van der Waals surface area contributed by atoms with Crippen molar-refractivity contribution in [3.8, 4) is 11.5 Å². The summed E-state index contributed by atoms with van der Waals surface area (Å²) in [5, 5.41) is 10.2. The molecule has 0 bridgehead atoms. The van der Waals surface area contributed by atoms with Gasteiger partial charge >= 0.3 is 5.97 Å². The molecular formula is C20H32O5. The second-order valence-electron chi connectivity index (χ2n) is 6.34. The molecule has 0 aromatic heterocycles. The van der Waals surface area contributed by atoms with Gasteiger partial charge in [0.15, 0.2) is 11.5 Å². The minimum atomic E-state index is -0.429. The van der Waals surface area contributed by atoms with Crippen LogP contribution in [0.1, 0.15) is 57.9 Å². The topological polar surface area (TPSA) is 65.0 Å². The predicted molar refractivity (Wildman–Crippen MR) is 98.2 cm³/mol. The number of esters is 1. The summed E-state index contributed by atoms with van der Waals surface area (Å²) in [7, 11) is 3.21. The lowest BCUT2D eigenvalue weighted by molar-refractivity contribution is -0.148. The van der Waals surface area contributed by atoms with Crippen molar-refractivity contribution in [3.63, 3.8) is 0 Å². The molecule has 5 nitrogen and oxygen atoms in total. The van der Waals surface area contributed by atoms with E-state index in [1.54, 1.807) is 14.2 Å². The van der Waals surface area contributed by atoms with Gasteiger partial charge in [-0.25, -0.2) is 0 Å². The van der Waals surface area contributed by atoms with E-state index in [-0.39, 0.29) is 12.1 Å². The molecule has 1 N–H and O–H groups in total. The van der Waals surface area contributed by atoms with Gasteiger partial charge in [-0.15, -0.1) is 0 Å². The minimum absolute atomic E-state index is 0.276. The van der Waals surface area contributed by atoms with Crippen molar-refractivity contribution in [2.75, 3.05) is 14.2 Å². The van der Waals surface area contributed by atoms with Gasteiger partial charge in [0.05, 0.1) is 20.3 Å². The van der Waals surface area contributed by atoms with Crippen LogP contribution in [-0.2, 0) is 16.0 Å². The number of methoxy groups -OCH3 is 2. The number of carbonyl (C=O) groups excluding carboxylic acids is 1. The molecule has 0 fully saturated rings. The molecule has 0 radical (unpaired) electrons. The van der Waals surface area contributed by atoms with Gasteiger partial charge in [0.1, 0.15) is 6.10 Å². The average Bonchev–Trinajstić information content (AvgIpc) is 2.59. The molecule has 0 amide bonds. The molecule has 2 atom stereocenters. The zero-order chi connectivity index (χ0) is 18.7. The normalized spacial score (nSPS) is 13.2. The average molecular weight is 352 g/mol. The van der Waals surface area contributed by atoms with Crippen molar-refractivity contribution in [2.45, 2.75) is 71.0 Å². The van der Waals surface area contributed by atoms with E-state index in [0.29, 0.717) is 24.3 Å². The first-order chi connectivity index (χ1) is 12.0. The Balaban J connectivity index is 2.61. The third kappa shape index (κ3) is 8.25. The van der Waals surface area contributed by atoms with Crippen molar-refractivity contribution in [1.82, 2.24) is 0 Å². The summed E-state index contributed by atoms with van der Waals surface area (Å²) in [5.41, 5.74) is 1.08. The van der Waals surface area contributed by atoms with Gasteiger partial charge in [-0.2, -0.15) is 0 Å². The first-order valence-electron chi connectivity index (χ1n) is 9.06. The number of aliphatic hydroxyl groups is 1. The van der Waals surface area contributed by atoms with E-state index in [4.69, 9.17) is 14.2 Å². The molecule has 0 spiro atoms. The van der Waals surface area contributed by atoms with Crippen molar-refractivity contribution in [2.24, 2.45) is 0 Å². The molecule has 0 aliphatic carbocycles. The molecule has 0 aliphatic rings. The fourth-order valence-electron chi connectivity index (χ4n) is 2.87. The van der Waals surface area contributed by atoms with Crippen LogP contribution in [-0.4, -0.2) is 37.5 Å². The number of benzene rings is 1. The molecule has 25 heavy (non-hydrogen) atoms. The van der Waals surface area contributed by atoms with Gasteiger partial charge in [-0.3, -0.25) is 4.79 Å². The van der Waals surface area contributed by atoms with E-state index in [9.17, 15) is 9.90 Å². The summed E-state index contributed by atoms with van der Waals surface area (Å²) in [6, 6.07) is 5.78. The molecule has 1 rings (SSSR count). The van der Waals surface area contributed by atoms with E-state index in [1.807, 2.05) is 18.2 Å². The number of rotatable bonds is 12. The largest absolute Gasteiger partial charge is 0.493 e. The molecule has 0 heterocycles. The molecular weight excluding hydrogens is 320 g/mol. The third-order valence-corrected chi connectivity index (χ3v) is 4.21. The van der Waals surface area contributed by atoms with E-state index >= 15 is 0 Å². The number of aryl methyl sites for hydroxylation is 1. The van der Waals surface area contributed by atoms with E-state index in [0.717, 1.165) is 37.7 Å². The summed E-state index contributed by atoms with van der Waals surface area (Å²) >= 11 is 0. The molecule has 5 heteroatoms. The number of hydrogen-bond donors (Lipinski definition) is 1. The number of ether oxygens (including phenoxy) is 3. The first-order valence-corrected chi connectivity index (χ1v) is 9.06. The number of carbonyl (C=O) groups is 1. The molecule has 0 aliphatic heterocycles. The minimum Gasteiger partial charge on any atom is -0.493 e. The smallest absolute Gasteiger partial charge is 0.302 e. The van der Waals surface area contributed by atoms with Gasteiger partial charge in [0, 0.05) is 13.3 Å². The van der Waals surface area contributed by atoms with Gasteiger partial charge in [-0.05, 0) is 37.0 Å². The van der Waals surface area contributed by atoms with Crippen LogP contribution in [0.15, 0.2) is 18.2 Å². The van der Waals surface area contributed by atoms with Crippen LogP contribution in [0.4, 0.5) is 0 Å². The highest BCUT2D eigenvalue weighted by Gasteiger charge is 2.18. The van der Waals surface area contributed by atoms with E-state index in [1.165, 1.54) is 6.92 Å². The van der Waals surface area contributed by atoms with Gasteiger partial charge in [0.25, 0.3) is 0 Å². The fourth-order valence-corrected chi connectivity index (χ4v) is 2.87. The Morgan fingerprint density at radius 1 is 1.12 bits per heavy atom. The van der Waals surface area contributed by atoms with Crippen molar-refractivity contribution in [3.05, 3.63) is 23.8 Å². The monoisotopic (exact) mass is 352 g/mol. The second kappa shape index (κ2) is 11.7. The third-order valence-electron chi connectivity index (χ3n) is 4.21. The van der Waals surface area contributed by atoms with Crippen LogP contribution in [0.25, 0.3) is 0 Å². The summed E-state index contributed by atoms with van der Waals surface area (Å²) in [5.74, 6) is 1.07. The molecule has 142 valence electrons. The lowest BCUT2D eigenvalue weighted by Crippen LogP contribution is -2.23. The Labute approximate surface area is 151 Å². The Bertz CT molecular complexity index is 515. The second-order valence-corrected chi connectivity index (χ2v) is 6.34. The first kappa shape index (κ1) is 21.3. The molecule has 0 saturated carbocycles. The molecule has 1 aromatic carbocycles. The highest BCUT2D eigenvalue weighted by atomic mass is 16.5. The summed E-state index contributed by atoms with van der Waals surface area (Å²) in [6.07, 6.45) is 5.17. The van der Waals surface area contributed by atoms with Gasteiger partial charge < -0.3 is 19.3 Å².